The smallest absolute Gasteiger partial charge is 0.303 e. The molecule has 0 saturated carbocycles. The van der Waals surface area contributed by atoms with Crippen molar-refractivity contribution in [1.82, 2.24) is 15.2 Å². The summed E-state index contributed by atoms with van der Waals surface area (Å²) in [6.07, 6.45) is 4.98. The van der Waals surface area contributed by atoms with Crippen LogP contribution >= 0.6 is 0 Å². The Morgan fingerprint density at radius 3 is 2.41 bits per heavy atom. The van der Waals surface area contributed by atoms with Crippen LogP contribution in [0.4, 0.5) is 0 Å². The highest BCUT2D eigenvalue weighted by Gasteiger charge is 2.06. The highest BCUT2D eigenvalue weighted by molar-refractivity contribution is 5.79. The van der Waals surface area contributed by atoms with Crippen LogP contribution in [0.2, 0.25) is 0 Å². The highest BCUT2D eigenvalue weighted by Crippen LogP contribution is 2.15. The standard InChI is InChI=1S/C16H17N3O3/c20-14(2-1-3-15(21)22)9-6-12-4-7-13(8-5-12)16-17-10-11-18-19-16/h4-5,7-8,10-11H,1-3,6,9H2,(H,21,22). The maximum Gasteiger partial charge on any atom is 0.303 e. The van der Waals surface area contributed by atoms with E-state index in [9.17, 15) is 9.59 Å². The summed E-state index contributed by atoms with van der Waals surface area (Å²) < 4.78 is 0. The summed E-state index contributed by atoms with van der Waals surface area (Å²) in [5, 5.41) is 16.3. The Hall–Kier alpha value is -2.63. The number of nitrogens with zero attached hydrogens (tertiary/aromatic N) is 3. The van der Waals surface area contributed by atoms with Gasteiger partial charge in [0.25, 0.3) is 0 Å². The zero-order chi connectivity index (χ0) is 15.8. The van der Waals surface area contributed by atoms with E-state index >= 15 is 0 Å². The molecule has 1 aromatic carbocycles. The lowest BCUT2D eigenvalue weighted by molar-refractivity contribution is -0.137. The van der Waals surface area contributed by atoms with Gasteiger partial charge in [-0.25, -0.2) is 4.98 Å². The molecule has 1 aromatic heterocycles. The van der Waals surface area contributed by atoms with Crippen molar-refractivity contribution in [2.24, 2.45) is 0 Å². The maximum absolute atomic E-state index is 11.7. The minimum atomic E-state index is -0.860. The number of hydrogen-bond acceptors (Lipinski definition) is 5. The number of carbonyl (C=O) groups excluding carboxylic acids is 1. The summed E-state index contributed by atoms with van der Waals surface area (Å²) in [7, 11) is 0. The number of rotatable bonds is 8. The van der Waals surface area contributed by atoms with Gasteiger partial charge in [-0.05, 0) is 18.4 Å². The summed E-state index contributed by atoms with van der Waals surface area (Å²) in [6.45, 7) is 0. The van der Waals surface area contributed by atoms with E-state index < -0.39 is 5.97 Å². The molecule has 0 aliphatic heterocycles. The second-order valence-corrected chi connectivity index (χ2v) is 4.95. The van der Waals surface area contributed by atoms with Crippen LogP contribution in [0.3, 0.4) is 0 Å². The van der Waals surface area contributed by atoms with E-state index in [0.717, 1.165) is 11.1 Å². The third kappa shape index (κ3) is 5.05. The number of aromatic nitrogens is 3. The van der Waals surface area contributed by atoms with Gasteiger partial charge in [0, 0.05) is 31.0 Å². The van der Waals surface area contributed by atoms with Crippen LogP contribution in [0.5, 0.6) is 0 Å². The Kier molecular flexibility index (Phi) is 5.71. The van der Waals surface area contributed by atoms with Gasteiger partial charge in [-0.1, -0.05) is 24.3 Å². The molecule has 0 fully saturated rings. The number of aryl methyl sites for hydroxylation is 1. The molecule has 6 heteroatoms. The molecule has 0 atom stereocenters. The molecule has 2 aromatic rings. The number of carboxylic acids is 1. The largest absolute Gasteiger partial charge is 0.481 e. The topological polar surface area (TPSA) is 93.0 Å². The molecule has 114 valence electrons. The van der Waals surface area contributed by atoms with E-state index in [2.05, 4.69) is 15.2 Å². The first-order chi connectivity index (χ1) is 10.6. The van der Waals surface area contributed by atoms with Gasteiger partial charge in [0.1, 0.15) is 5.78 Å². The maximum atomic E-state index is 11.7. The predicted molar refractivity (Wildman–Crippen MR) is 80.1 cm³/mol. The van der Waals surface area contributed by atoms with Crippen molar-refractivity contribution < 1.29 is 14.7 Å². The molecule has 0 amide bonds. The second-order valence-electron chi connectivity index (χ2n) is 4.95. The molecular formula is C16H17N3O3. The third-order valence-corrected chi connectivity index (χ3v) is 3.23. The van der Waals surface area contributed by atoms with Crippen LogP contribution in [-0.4, -0.2) is 32.0 Å². The van der Waals surface area contributed by atoms with Gasteiger partial charge in [0.15, 0.2) is 5.82 Å². The van der Waals surface area contributed by atoms with E-state index in [0.29, 0.717) is 31.5 Å². The first-order valence-corrected chi connectivity index (χ1v) is 7.11. The molecule has 0 aliphatic carbocycles. The van der Waals surface area contributed by atoms with Crippen molar-refractivity contribution in [2.45, 2.75) is 32.1 Å². The average molecular weight is 299 g/mol. The number of aliphatic carboxylic acids is 1. The lowest BCUT2D eigenvalue weighted by Crippen LogP contribution is -2.02. The van der Waals surface area contributed by atoms with Crippen molar-refractivity contribution in [3.05, 3.63) is 42.2 Å². The number of Topliss-reactive ketones (excluding diaryl/α,β-unsaturated/α-hetero) is 1. The van der Waals surface area contributed by atoms with Crippen LogP contribution < -0.4 is 0 Å². The van der Waals surface area contributed by atoms with E-state index in [1.807, 2.05) is 24.3 Å². The van der Waals surface area contributed by atoms with E-state index in [-0.39, 0.29) is 12.2 Å². The number of ketones is 1. The van der Waals surface area contributed by atoms with Gasteiger partial charge in [0.2, 0.25) is 0 Å². The molecular weight excluding hydrogens is 282 g/mol. The summed E-state index contributed by atoms with van der Waals surface area (Å²) >= 11 is 0. The Bertz CT molecular complexity index is 627. The third-order valence-electron chi connectivity index (χ3n) is 3.23. The van der Waals surface area contributed by atoms with Gasteiger partial charge in [-0.2, -0.15) is 5.10 Å². The normalized spacial score (nSPS) is 10.4. The van der Waals surface area contributed by atoms with Crippen LogP contribution in [-0.2, 0) is 16.0 Å². The zero-order valence-electron chi connectivity index (χ0n) is 12.1. The Labute approximate surface area is 128 Å². The first kappa shape index (κ1) is 15.8. The SMILES string of the molecule is O=C(O)CCCC(=O)CCc1ccc(-c2nccnn2)cc1. The van der Waals surface area contributed by atoms with Crippen molar-refractivity contribution in [3.63, 3.8) is 0 Å². The predicted octanol–water partition coefficient (Wildman–Crippen LogP) is 2.30. The van der Waals surface area contributed by atoms with Gasteiger partial charge in [0.05, 0.1) is 6.20 Å². The summed E-state index contributed by atoms with van der Waals surface area (Å²) in [6, 6.07) is 7.69. The van der Waals surface area contributed by atoms with E-state index in [1.165, 1.54) is 6.20 Å². The number of benzene rings is 1. The van der Waals surface area contributed by atoms with Crippen molar-refractivity contribution >= 4 is 11.8 Å². The van der Waals surface area contributed by atoms with Crippen molar-refractivity contribution in [3.8, 4) is 11.4 Å². The lowest BCUT2D eigenvalue weighted by Gasteiger charge is -2.03. The zero-order valence-corrected chi connectivity index (χ0v) is 12.1. The fourth-order valence-electron chi connectivity index (χ4n) is 2.05. The van der Waals surface area contributed by atoms with Crippen molar-refractivity contribution in [1.29, 1.82) is 0 Å². The Morgan fingerprint density at radius 1 is 1.00 bits per heavy atom. The van der Waals surface area contributed by atoms with Gasteiger partial charge in [-0.3, -0.25) is 9.59 Å². The first-order valence-electron chi connectivity index (χ1n) is 7.11. The monoisotopic (exact) mass is 299 g/mol. The van der Waals surface area contributed by atoms with Crippen LogP contribution in [0.1, 0.15) is 31.2 Å². The van der Waals surface area contributed by atoms with Gasteiger partial charge < -0.3 is 5.11 Å². The number of hydrogen-bond donors (Lipinski definition) is 1. The number of carboxylic acid groups (broad SMARTS) is 1. The summed E-state index contributed by atoms with van der Waals surface area (Å²) in [5.41, 5.74) is 1.93. The van der Waals surface area contributed by atoms with Crippen molar-refractivity contribution in [2.75, 3.05) is 0 Å². The lowest BCUT2D eigenvalue weighted by atomic mass is 10.0. The van der Waals surface area contributed by atoms with Crippen LogP contribution in [0.25, 0.3) is 11.4 Å². The van der Waals surface area contributed by atoms with Gasteiger partial charge >= 0.3 is 5.97 Å². The molecule has 1 heterocycles. The summed E-state index contributed by atoms with van der Waals surface area (Å²) in [5.74, 6) is -0.194. The minimum absolute atomic E-state index is 0.0472. The molecule has 2 rings (SSSR count). The van der Waals surface area contributed by atoms with Crippen LogP contribution in [0.15, 0.2) is 36.7 Å². The molecule has 0 bridgehead atoms. The number of carbonyl (C=O) groups is 2. The average Bonchev–Trinajstić information content (AvgIpc) is 2.54. The Balaban J connectivity index is 1.82. The van der Waals surface area contributed by atoms with Crippen LogP contribution in [0, 0.1) is 0 Å². The highest BCUT2D eigenvalue weighted by atomic mass is 16.4. The quantitative estimate of drug-likeness (QED) is 0.804. The van der Waals surface area contributed by atoms with E-state index in [4.69, 9.17) is 5.11 Å². The van der Waals surface area contributed by atoms with E-state index in [1.54, 1.807) is 6.20 Å². The molecule has 6 nitrogen and oxygen atoms in total. The minimum Gasteiger partial charge on any atom is -0.481 e. The molecule has 0 aliphatic rings. The Morgan fingerprint density at radius 2 is 1.77 bits per heavy atom. The second kappa shape index (κ2) is 7.97. The fraction of sp³-hybridized carbons (Fsp3) is 0.312. The molecule has 0 unspecified atom stereocenters. The van der Waals surface area contributed by atoms with Gasteiger partial charge in [-0.15, -0.1) is 5.10 Å². The fourth-order valence-corrected chi connectivity index (χ4v) is 2.05. The molecule has 1 N–H and O–H groups in total. The molecule has 0 saturated heterocycles. The molecule has 22 heavy (non-hydrogen) atoms. The molecule has 0 radical (unpaired) electrons. The summed E-state index contributed by atoms with van der Waals surface area (Å²) in [4.78, 5) is 26.2. The molecule has 0 spiro atoms.